The number of carbonyl (C=O) groups excluding carboxylic acids is 1. The second kappa shape index (κ2) is 7.92. The summed E-state index contributed by atoms with van der Waals surface area (Å²) in [7, 11) is 0. The van der Waals surface area contributed by atoms with E-state index in [-0.39, 0.29) is 24.6 Å². The Morgan fingerprint density at radius 1 is 1.41 bits per heavy atom. The maximum atomic E-state index is 12.5. The summed E-state index contributed by atoms with van der Waals surface area (Å²) in [6.45, 7) is 4.32. The van der Waals surface area contributed by atoms with Crippen molar-refractivity contribution in [2.45, 2.75) is 51.6 Å². The maximum Gasteiger partial charge on any atom is 0.255 e. The normalized spacial score (nSPS) is 21.7. The fourth-order valence-electron chi connectivity index (χ4n) is 2.79. The summed E-state index contributed by atoms with van der Waals surface area (Å²) in [5, 5.41) is 15.6. The SMILES string of the molecule is CC(C)Nc1cc(Br)ncc1C(=O)N[C@H]1CC[C@H](CO)CC1. The van der Waals surface area contributed by atoms with Crippen LogP contribution in [0.25, 0.3) is 0 Å². The zero-order valence-electron chi connectivity index (χ0n) is 13.1. The van der Waals surface area contributed by atoms with Crippen LogP contribution in [0.2, 0.25) is 0 Å². The molecule has 0 saturated heterocycles. The number of aromatic nitrogens is 1. The molecular formula is C16H24BrN3O2. The molecule has 1 fully saturated rings. The Bertz CT molecular complexity index is 514. The Morgan fingerprint density at radius 3 is 2.68 bits per heavy atom. The smallest absolute Gasteiger partial charge is 0.255 e. The van der Waals surface area contributed by atoms with Crippen molar-refractivity contribution in [3.05, 3.63) is 22.4 Å². The molecule has 1 aliphatic rings. The van der Waals surface area contributed by atoms with Gasteiger partial charge in [0.2, 0.25) is 0 Å². The molecule has 0 spiro atoms. The van der Waals surface area contributed by atoms with Crippen molar-refractivity contribution in [1.82, 2.24) is 10.3 Å². The number of hydrogen-bond donors (Lipinski definition) is 3. The van der Waals surface area contributed by atoms with Crippen LogP contribution in [-0.2, 0) is 0 Å². The van der Waals surface area contributed by atoms with E-state index in [9.17, 15) is 9.90 Å². The lowest BCUT2D eigenvalue weighted by Gasteiger charge is -2.28. The van der Waals surface area contributed by atoms with Gasteiger partial charge in [-0.3, -0.25) is 4.79 Å². The minimum Gasteiger partial charge on any atom is -0.396 e. The number of aliphatic hydroxyl groups is 1. The van der Waals surface area contributed by atoms with Crippen LogP contribution in [0.15, 0.2) is 16.9 Å². The Morgan fingerprint density at radius 2 is 2.09 bits per heavy atom. The highest BCUT2D eigenvalue weighted by Crippen LogP contribution is 2.25. The summed E-state index contributed by atoms with van der Waals surface area (Å²) < 4.78 is 0.704. The molecule has 0 radical (unpaired) electrons. The molecule has 2 rings (SSSR count). The minimum absolute atomic E-state index is 0.0874. The van der Waals surface area contributed by atoms with E-state index in [2.05, 4.69) is 31.5 Å². The lowest BCUT2D eigenvalue weighted by atomic mass is 9.86. The second-order valence-electron chi connectivity index (χ2n) is 6.23. The lowest BCUT2D eigenvalue weighted by Crippen LogP contribution is -2.38. The largest absolute Gasteiger partial charge is 0.396 e. The Labute approximate surface area is 140 Å². The molecule has 122 valence electrons. The minimum atomic E-state index is -0.0874. The highest BCUT2D eigenvalue weighted by atomic mass is 79.9. The molecule has 0 aromatic carbocycles. The van der Waals surface area contributed by atoms with E-state index in [4.69, 9.17) is 0 Å². The summed E-state index contributed by atoms with van der Waals surface area (Å²) >= 11 is 3.34. The van der Waals surface area contributed by atoms with Crippen LogP contribution in [0.4, 0.5) is 5.69 Å². The van der Waals surface area contributed by atoms with Gasteiger partial charge in [-0.05, 0) is 67.4 Å². The first kappa shape index (κ1) is 17.2. The van der Waals surface area contributed by atoms with Crippen molar-refractivity contribution in [2.24, 2.45) is 5.92 Å². The van der Waals surface area contributed by atoms with Gasteiger partial charge in [-0.1, -0.05) is 0 Å². The predicted molar refractivity (Wildman–Crippen MR) is 91.0 cm³/mol. The van der Waals surface area contributed by atoms with E-state index in [1.807, 2.05) is 19.9 Å². The van der Waals surface area contributed by atoms with E-state index in [1.165, 1.54) is 0 Å². The van der Waals surface area contributed by atoms with E-state index < -0.39 is 0 Å². The van der Waals surface area contributed by atoms with Crippen molar-refractivity contribution in [3.63, 3.8) is 0 Å². The molecule has 6 heteroatoms. The average molecular weight is 370 g/mol. The molecule has 1 saturated carbocycles. The first-order valence-electron chi connectivity index (χ1n) is 7.83. The Hall–Kier alpha value is -1.14. The van der Waals surface area contributed by atoms with Gasteiger partial charge < -0.3 is 15.7 Å². The molecule has 0 atom stereocenters. The molecule has 0 aliphatic heterocycles. The lowest BCUT2D eigenvalue weighted by molar-refractivity contribution is 0.0914. The molecule has 0 bridgehead atoms. The zero-order chi connectivity index (χ0) is 16.1. The van der Waals surface area contributed by atoms with Gasteiger partial charge in [0, 0.05) is 24.9 Å². The van der Waals surface area contributed by atoms with E-state index in [0.717, 1.165) is 31.4 Å². The topological polar surface area (TPSA) is 74.2 Å². The molecule has 22 heavy (non-hydrogen) atoms. The number of rotatable bonds is 5. The number of carbonyl (C=O) groups is 1. The van der Waals surface area contributed by atoms with Crippen LogP contribution in [-0.4, -0.2) is 34.7 Å². The monoisotopic (exact) mass is 369 g/mol. The number of pyridine rings is 1. The van der Waals surface area contributed by atoms with E-state index >= 15 is 0 Å². The van der Waals surface area contributed by atoms with Gasteiger partial charge in [-0.15, -0.1) is 0 Å². The average Bonchev–Trinajstić information content (AvgIpc) is 2.47. The van der Waals surface area contributed by atoms with Crippen molar-refractivity contribution < 1.29 is 9.90 Å². The van der Waals surface area contributed by atoms with Gasteiger partial charge in [-0.25, -0.2) is 4.98 Å². The second-order valence-corrected chi connectivity index (χ2v) is 7.04. The molecular weight excluding hydrogens is 346 g/mol. The van der Waals surface area contributed by atoms with Crippen LogP contribution in [0.5, 0.6) is 0 Å². The highest BCUT2D eigenvalue weighted by Gasteiger charge is 2.23. The summed E-state index contributed by atoms with van der Waals surface area (Å²) in [6.07, 6.45) is 5.39. The molecule has 3 N–H and O–H groups in total. The molecule has 1 aromatic rings. The third-order valence-electron chi connectivity index (χ3n) is 4.00. The zero-order valence-corrected chi connectivity index (χ0v) is 14.7. The number of halogens is 1. The predicted octanol–water partition coefficient (Wildman–Crippen LogP) is 2.95. The summed E-state index contributed by atoms with van der Waals surface area (Å²) in [4.78, 5) is 16.7. The van der Waals surface area contributed by atoms with Crippen LogP contribution >= 0.6 is 15.9 Å². The first-order chi connectivity index (χ1) is 10.5. The molecule has 5 nitrogen and oxygen atoms in total. The van der Waals surface area contributed by atoms with Gasteiger partial charge in [0.05, 0.1) is 11.3 Å². The molecule has 1 aromatic heterocycles. The molecule has 1 heterocycles. The van der Waals surface area contributed by atoms with Gasteiger partial charge in [0.1, 0.15) is 4.60 Å². The van der Waals surface area contributed by atoms with Gasteiger partial charge in [-0.2, -0.15) is 0 Å². The number of aliphatic hydroxyl groups excluding tert-OH is 1. The van der Waals surface area contributed by atoms with Crippen molar-refractivity contribution >= 4 is 27.5 Å². The van der Waals surface area contributed by atoms with Crippen molar-refractivity contribution in [2.75, 3.05) is 11.9 Å². The van der Waals surface area contributed by atoms with Gasteiger partial charge >= 0.3 is 0 Å². The fraction of sp³-hybridized carbons (Fsp3) is 0.625. The van der Waals surface area contributed by atoms with Crippen molar-refractivity contribution in [3.8, 4) is 0 Å². The van der Waals surface area contributed by atoms with E-state index in [1.54, 1.807) is 6.20 Å². The number of amides is 1. The Balaban J connectivity index is 2.03. The quantitative estimate of drug-likeness (QED) is 0.697. The summed E-state index contributed by atoms with van der Waals surface area (Å²) in [5.41, 5.74) is 1.36. The third kappa shape index (κ3) is 4.68. The van der Waals surface area contributed by atoms with Crippen LogP contribution < -0.4 is 10.6 Å². The number of anilines is 1. The fourth-order valence-corrected chi connectivity index (χ4v) is 3.13. The van der Waals surface area contributed by atoms with Gasteiger partial charge in [0.15, 0.2) is 0 Å². The summed E-state index contributed by atoms with van der Waals surface area (Å²) in [5.74, 6) is 0.302. The highest BCUT2D eigenvalue weighted by molar-refractivity contribution is 9.10. The van der Waals surface area contributed by atoms with E-state index in [0.29, 0.717) is 16.1 Å². The number of nitrogens with zero attached hydrogens (tertiary/aromatic N) is 1. The standard InChI is InChI=1S/C16H24BrN3O2/c1-10(2)19-14-7-15(17)18-8-13(14)16(22)20-12-5-3-11(9-21)4-6-12/h7-8,10-12,21H,3-6,9H2,1-2H3,(H,18,19)(H,20,22)/t11-,12-. The Kier molecular flexibility index (Phi) is 6.20. The number of hydrogen-bond acceptors (Lipinski definition) is 4. The van der Waals surface area contributed by atoms with Crippen LogP contribution in [0, 0.1) is 5.92 Å². The van der Waals surface area contributed by atoms with Crippen molar-refractivity contribution in [1.29, 1.82) is 0 Å². The van der Waals surface area contributed by atoms with Crippen LogP contribution in [0.3, 0.4) is 0 Å². The van der Waals surface area contributed by atoms with Gasteiger partial charge in [0.25, 0.3) is 5.91 Å². The molecule has 1 amide bonds. The third-order valence-corrected chi connectivity index (χ3v) is 4.43. The molecule has 1 aliphatic carbocycles. The molecule has 0 unspecified atom stereocenters. The number of nitrogens with one attached hydrogen (secondary N) is 2. The van der Waals surface area contributed by atoms with Crippen LogP contribution in [0.1, 0.15) is 49.9 Å². The maximum absolute atomic E-state index is 12.5. The first-order valence-corrected chi connectivity index (χ1v) is 8.62. The summed E-state index contributed by atoms with van der Waals surface area (Å²) in [6, 6.07) is 2.25.